The van der Waals surface area contributed by atoms with Crippen molar-refractivity contribution in [3.05, 3.63) is 0 Å². The van der Waals surface area contributed by atoms with E-state index in [2.05, 4.69) is 48.9 Å². The first kappa shape index (κ1) is 9.98. The molecule has 0 nitrogen and oxygen atoms in total. The average molecular weight is 369 g/mol. The molecular formula is C4H9Br3Ge. The Morgan fingerprint density at radius 1 is 1.25 bits per heavy atom. The Balaban J connectivity index is 3.11. The van der Waals surface area contributed by atoms with E-state index in [4.69, 9.17) is 0 Å². The molecule has 0 aromatic carbocycles. The Kier molecular flexibility index (Phi) is 5.92. The fourth-order valence-corrected chi connectivity index (χ4v) is 6.33. The van der Waals surface area contributed by atoms with E-state index in [9.17, 15) is 0 Å². The van der Waals surface area contributed by atoms with Crippen LogP contribution < -0.4 is 0 Å². The molecule has 0 heterocycles. The van der Waals surface area contributed by atoms with Gasteiger partial charge in [0.25, 0.3) is 0 Å². The van der Waals surface area contributed by atoms with Crippen molar-refractivity contribution in [1.82, 2.24) is 0 Å². The SMILES string of the molecule is CCC[CH2][Ge]([Br])([Br])[Br]. The second-order valence-electron chi connectivity index (χ2n) is 1.72. The molecule has 0 fully saturated rings. The molecule has 0 unspecified atom stereocenters. The summed E-state index contributed by atoms with van der Waals surface area (Å²) >= 11 is 10.8. The fraction of sp³-hybridized carbons (Fsp3) is 1.00. The van der Waals surface area contributed by atoms with Crippen LogP contribution in [0.1, 0.15) is 19.8 Å². The minimum atomic E-state index is -1.67. The van der Waals surface area contributed by atoms with E-state index in [1.54, 1.807) is 0 Å². The standard InChI is InChI=1S/C4H9Br3Ge/c1-2-3-4-8(5,6)7/h2-4H2,1H3. The Morgan fingerprint density at radius 2 is 1.75 bits per heavy atom. The molecule has 50 valence electrons. The zero-order valence-electron chi connectivity index (χ0n) is 4.76. The van der Waals surface area contributed by atoms with Gasteiger partial charge in [-0.2, -0.15) is 0 Å². The molecule has 4 heteroatoms. The molecule has 8 heavy (non-hydrogen) atoms. The van der Waals surface area contributed by atoms with Crippen LogP contribution in [-0.4, -0.2) is 7.74 Å². The summed E-state index contributed by atoms with van der Waals surface area (Å²) in [5, 5.41) is 1.30. The van der Waals surface area contributed by atoms with E-state index < -0.39 is 7.74 Å². The second kappa shape index (κ2) is 4.75. The molecule has 0 spiro atoms. The Hall–Kier alpha value is 1.98. The van der Waals surface area contributed by atoms with Crippen LogP contribution in [0, 0.1) is 0 Å². The molecule has 0 amide bonds. The molecule has 0 radical (unpaired) electrons. The third kappa shape index (κ3) is 7.98. The van der Waals surface area contributed by atoms with Crippen molar-refractivity contribution >= 4 is 49.8 Å². The van der Waals surface area contributed by atoms with Gasteiger partial charge in [-0.15, -0.1) is 0 Å². The van der Waals surface area contributed by atoms with E-state index in [0.29, 0.717) is 0 Å². The third-order valence-corrected chi connectivity index (χ3v) is 8.93. The van der Waals surface area contributed by atoms with Crippen molar-refractivity contribution in [2.75, 3.05) is 0 Å². The van der Waals surface area contributed by atoms with Crippen LogP contribution in [-0.2, 0) is 0 Å². The molecule has 0 bridgehead atoms. The number of halogens is 3. The van der Waals surface area contributed by atoms with Gasteiger partial charge in [-0.3, -0.25) is 0 Å². The number of hydrogen-bond acceptors (Lipinski definition) is 0. The average Bonchev–Trinajstić information content (AvgIpc) is 1.59. The van der Waals surface area contributed by atoms with Crippen molar-refractivity contribution in [3.8, 4) is 0 Å². The van der Waals surface area contributed by atoms with Gasteiger partial charge < -0.3 is 0 Å². The quantitative estimate of drug-likeness (QED) is 0.662. The zero-order valence-corrected chi connectivity index (χ0v) is 11.6. The van der Waals surface area contributed by atoms with Gasteiger partial charge in [-0.1, -0.05) is 0 Å². The first-order valence-electron chi connectivity index (χ1n) is 2.63. The van der Waals surface area contributed by atoms with Crippen molar-refractivity contribution in [1.29, 1.82) is 0 Å². The summed E-state index contributed by atoms with van der Waals surface area (Å²) in [6.07, 6.45) is 2.61. The first-order chi connectivity index (χ1) is 3.56. The van der Waals surface area contributed by atoms with Crippen LogP contribution in [0.25, 0.3) is 0 Å². The molecule has 0 atom stereocenters. The summed E-state index contributed by atoms with van der Waals surface area (Å²) in [6, 6.07) is 0. The molecule has 0 saturated heterocycles. The number of unbranched alkanes of at least 4 members (excludes halogenated alkanes) is 1. The molecule has 0 aliphatic carbocycles. The zero-order chi connectivity index (χ0) is 6.62. The van der Waals surface area contributed by atoms with E-state index >= 15 is 0 Å². The Morgan fingerprint density at radius 3 is 1.88 bits per heavy atom. The fourth-order valence-electron chi connectivity index (χ4n) is 0.377. The van der Waals surface area contributed by atoms with Crippen LogP contribution in [0.3, 0.4) is 0 Å². The van der Waals surface area contributed by atoms with Gasteiger partial charge in [0.2, 0.25) is 0 Å². The normalized spacial score (nSPS) is 12.0. The molecule has 0 aromatic rings. The van der Waals surface area contributed by atoms with Gasteiger partial charge in [0.1, 0.15) is 0 Å². The van der Waals surface area contributed by atoms with Crippen molar-refractivity contribution in [3.63, 3.8) is 0 Å². The predicted octanol–water partition coefficient (Wildman–Crippen LogP) is 3.91. The molecule has 0 aromatic heterocycles. The predicted molar refractivity (Wildman–Crippen MR) is 52.3 cm³/mol. The Labute approximate surface area is 74.0 Å². The van der Waals surface area contributed by atoms with Crippen molar-refractivity contribution < 1.29 is 0 Å². The van der Waals surface area contributed by atoms with E-state index in [1.807, 2.05) is 0 Å². The topological polar surface area (TPSA) is 0 Å². The van der Waals surface area contributed by atoms with Gasteiger partial charge in [0.15, 0.2) is 0 Å². The molecule has 0 N–H and O–H groups in total. The summed E-state index contributed by atoms with van der Waals surface area (Å²) in [5.41, 5.74) is 0. The molecule has 0 aliphatic rings. The van der Waals surface area contributed by atoms with Crippen molar-refractivity contribution in [2.45, 2.75) is 25.0 Å². The van der Waals surface area contributed by atoms with Crippen LogP contribution in [0.5, 0.6) is 0 Å². The molecule has 0 saturated carbocycles. The van der Waals surface area contributed by atoms with Gasteiger partial charge in [0, 0.05) is 0 Å². The molecule has 0 aliphatic heterocycles. The summed E-state index contributed by atoms with van der Waals surface area (Å²) < 4.78 is 0. The summed E-state index contributed by atoms with van der Waals surface area (Å²) in [6.45, 7) is 2.21. The Bertz CT molecular complexity index is 58.8. The van der Waals surface area contributed by atoms with Gasteiger partial charge in [0.05, 0.1) is 0 Å². The van der Waals surface area contributed by atoms with Crippen LogP contribution in [0.15, 0.2) is 0 Å². The second-order valence-corrected chi connectivity index (χ2v) is 43.0. The van der Waals surface area contributed by atoms with Gasteiger partial charge >= 0.3 is 74.8 Å². The van der Waals surface area contributed by atoms with Crippen LogP contribution >= 0.6 is 42.0 Å². The van der Waals surface area contributed by atoms with E-state index in [1.165, 1.54) is 18.1 Å². The van der Waals surface area contributed by atoms with Gasteiger partial charge in [-0.05, 0) is 0 Å². The molecular weight excluding hydrogens is 360 g/mol. The summed E-state index contributed by atoms with van der Waals surface area (Å²) in [5.74, 6) is 0. The monoisotopic (exact) mass is 368 g/mol. The molecule has 0 rings (SSSR count). The number of rotatable bonds is 3. The summed E-state index contributed by atoms with van der Waals surface area (Å²) in [4.78, 5) is 0. The third-order valence-electron chi connectivity index (χ3n) is 0.814. The number of hydrogen-bond donors (Lipinski definition) is 0. The van der Waals surface area contributed by atoms with E-state index in [-0.39, 0.29) is 0 Å². The maximum absolute atomic E-state index is 3.60. The van der Waals surface area contributed by atoms with Crippen molar-refractivity contribution in [2.24, 2.45) is 0 Å². The van der Waals surface area contributed by atoms with Crippen LogP contribution in [0.2, 0.25) is 5.25 Å². The first-order valence-corrected chi connectivity index (χ1v) is 18.9. The summed E-state index contributed by atoms with van der Waals surface area (Å²) in [7, 11) is -1.67. The van der Waals surface area contributed by atoms with Crippen LogP contribution in [0.4, 0.5) is 0 Å². The minimum absolute atomic E-state index is 1.29. The maximum atomic E-state index is 3.60. The van der Waals surface area contributed by atoms with E-state index in [0.717, 1.165) is 0 Å². The van der Waals surface area contributed by atoms with Gasteiger partial charge in [-0.25, -0.2) is 0 Å².